The zero-order valence-electron chi connectivity index (χ0n) is 19.4. The van der Waals surface area contributed by atoms with E-state index in [-0.39, 0.29) is 6.54 Å². The van der Waals surface area contributed by atoms with Crippen molar-refractivity contribution in [2.24, 2.45) is 4.99 Å². The van der Waals surface area contributed by atoms with Crippen LogP contribution in [0.4, 0.5) is 0 Å². The zero-order chi connectivity index (χ0) is 22.8. The lowest BCUT2D eigenvalue weighted by atomic mass is 10.0. The number of hydrogen-bond acceptors (Lipinski definition) is 5. The predicted octanol–water partition coefficient (Wildman–Crippen LogP) is 2.96. The molecule has 1 fully saturated rings. The number of guanidine groups is 1. The molecule has 0 bridgehead atoms. The summed E-state index contributed by atoms with van der Waals surface area (Å²) in [6.45, 7) is 6.05. The maximum Gasteiger partial charge on any atom is 0.191 e. The molecule has 1 aliphatic heterocycles. The molecule has 3 N–H and O–H groups in total. The quantitative estimate of drug-likeness (QED) is 0.411. The predicted molar refractivity (Wildman–Crippen MR) is 128 cm³/mol. The summed E-state index contributed by atoms with van der Waals surface area (Å²) < 4.78 is 10.7. The van der Waals surface area contributed by atoms with Gasteiger partial charge in [0.25, 0.3) is 0 Å². The van der Waals surface area contributed by atoms with E-state index in [9.17, 15) is 5.11 Å². The topological polar surface area (TPSA) is 78.4 Å². The first-order valence-corrected chi connectivity index (χ1v) is 11.3. The number of aliphatic hydroxyl groups is 1. The first-order valence-electron chi connectivity index (χ1n) is 11.3. The number of likely N-dealkylation sites (tertiary alicyclic amines) is 1. The molecule has 0 saturated carbocycles. The first kappa shape index (κ1) is 23.9. The molecule has 2 aromatic rings. The third-order valence-electron chi connectivity index (χ3n) is 5.66. The van der Waals surface area contributed by atoms with Gasteiger partial charge >= 0.3 is 0 Å². The summed E-state index contributed by atoms with van der Waals surface area (Å²) in [7, 11) is 3.20. The van der Waals surface area contributed by atoms with E-state index in [1.165, 1.54) is 5.56 Å². The number of hydrogen-bond donors (Lipinski definition) is 3. The maximum absolute atomic E-state index is 10.8. The molecule has 1 heterocycles. The lowest BCUT2D eigenvalue weighted by Crippen LogP contribution is -2.51. The van der Waals surface area contributed by atoms with Crippen LogP contribution in [-0.2, 0) is 6.54 Å². The van der Waals surface area contributed by atoms with Crippen LogP contribution < -0.4 is 20.1 Å². The van der Waals surface area contributed by atoms with Gasteiger partial charge in [-0.15, -0.1) is 0 Å². The molecule has 2 unspecified atom stereocenters. The lowest BCUT2D eigenvalue weighted by Gasteiger charge is -2.34. The molecule has 1 saturated heterocycles. The summed E-state index contributed by atoms with van der Waals surface area (Å²) in [5.41, 5.74) is 2.00. The number of rotatable bonds is 9. The number of nitrogens with one attached hydrogen (secondary N) is 2. The number of aliphatic hydroxyl groups excluding tert-OH is 1. The van der Waals surface area contributed by atoms with Gasteiger partial charge in [0.1, 0.15) is 17.6 Å². The third-order valence-corrected chi connectivity index (χ3v) is 5.66. The molecule has 32 heavy (non-hydrogen) atoms. The van der Waals surface area contributed by atoms with Gasteiger partial charge in [-0.3, -0.25) is 9.89 Å². The summed E-state index contributed by atoms with van der Waals surface area (Å²) in [6.07, 6.45) is 1.45. The second-order valence-corrected chi connectivity index (χ2v) is 8.05. The average Bonchev–Trinajstić information content (AvgIpc) is 2.83. The molecule has 0 amide bonds. The van der Waals surface area contributed by atoms with Crippen LogP contribution in [0.5, 0.6) is 11.5 Å². The van der Waals surface area contributed by atoms with E-state index in [4.69, 9.17) is 9.47 Å². The van der Waals surface area contributed by atoms with Crippen LogP contribution in [0.25, 0.3) is 0 Å². The van der Waals surface area contributed by atoms with Gasteiger partial charge in [0.15, 0.2) is 5.96 Å². The minimum atomic E-state index is -0.795. The van der Waals surface area contributed by atoms with E-state index < -0.39 is 6.10 Å². The lowest BCUT2D eigenvalue weighted by molar-refractivity contribution is 0.181. The highest BCUT2D eigenvalue weighted by molar-refractivity contribution is 5.80. The largest absolute Gasteiger partial charge is 0.497 e. The van der Waals surface area contributed by atoms with E-state index in [0.717, 1.165) is 45.0 Å². The Labute approximate surface area is 191 Å². The number of aliphatic imine (C=N–C) groups is 1. The highest BCUT2D eigenvalue weighted by Crippen LogP contribution is 2.29. The minimum absolute atomic E-state index is 0.222. The number of methoxy groups -OCH3 is 2. The van der Waals surface area contributed by atoms with Crippen molar-refractivity contribution in [2.75, 3.05) is 40.4 Å². The Bertz CT molecular complexity index is 860. The number of piperidine rings is 1. The van der Waals surface area contributed by atoms with Crippen molar-refractivity contribution in [1.29, 1.82) is 0 Å². The van der Waals surface area contributed by atoms with Crippen LogP contribution in [-0.4, -0.2) is 62.4 Å². The number of nitrogens with zero attached hydrogens (tertiary/aromatic N) is 2. The summed E-state index contributed by atoms with van der Waals surface area (Å²) in [5.74, 6) is 2.02. The zero-order valence-corrected chi connectivity index (χ0v) is 19.4. The Kier molecular flexibility index (Phi) is 9.19. The van der Waals surface area contributed by atoms with Gasteiger partial charge in [0.05, 0.1) is 20.8 Å². The molecule has 174 valence electrons. The minimum Gasteiger partial charge on any atom is -0.497 e. The van der Waals surface area contributed by atoms with Gasteiger partial charge in [-0.25, -0.2) is 0 Å². The molecule has 0 aliphatic carbocycles. The summed E-state index contributed by atoms with van der Waals surface area (Å²) in [5, 5.41) is 17.6. The van der Waals surface area contributed by atoms with Crippen LogP contribution in [0.3, 0.4) is 0 Å². The van der Waals surface area contributed by atoms with E-state index >= 15 is 0 Å². The van der Waals surface area contributed by atoms with Crippen molar-refractivity contribution in [3.05, 3.63) is 59.7 Å². The van der Waals surface area contributed by atoms with Gasteiger partial charge in [-0.1, -0.05) is 30.3 Å². The standard InChI is InChI=1S/C25H36N4O3/c1-4-26-25(27-16-23(30)22-15-21(31-2)12-13-24(22)32-3)28-20-11-8-14-29(18-20)17-19-9-6-5-7-10-19/h5-7,9-10,12-13,15,20,23,30H,4,8,11,14,16-18H2,1-3H3,(H2,26,27,28). The second kappa shape index (κ2) is 12.3. The number of ether oxygens (including phenoxy) is 2. The highest BCUT2D eigenvalue weighted by Gasteiger charge is 2.21. The molecular formula is C25H36N4O3. The van der Waals surface area contributed by atoms with Crippen molar-refractivity contribution in [3.8, 4) is 11.5 Å². The van der Waals surface area contributed by atoms with Crippen molar-refractivity contribution in [3.63, 3.8) is 0 Å². The Hall–Kier alpha value is -2.77. The maximum atomic E-state index is 10.8. The van der Waals surface area contributed by atoms with E-state index in [1.807, 2.05) is 13.0 Å². The van der Waals surface area contributed by atoms with Gasteiger partial charge in [-0.05, 0) is 50.1 Å². The molecule has 2 aromatic carbocycles. The van der Waals surface area contributed by atoms with Crippen molar-refractivity contribution in [2.45, 2.75) is 38.5 Å². The molecule has 0 spiro atoms. The van der Waals surface area contributed by atoms with E-state index in [0.29, 0.717) is 23.1 Å². The summed E-state index contributed by atoms with van der Waals surface area (Å²) in [6, 6.07) is 16.3. The van der Waals surface area contributed by atoms with Gasteiger partial charge in [0, 0.05) is 31.2 Å². The average molecular weight is 441 g/mol. The fourth-order valence-electron chi connectivity index (χ4n) is 4.05. The van der Waals surface area contributed by atoms with Crippen molar-refractivity contribution < 1.29 is 14.6 Å². The van der Waals surface area contributed by atoms with E-state index in [1.54, 1.807) is 26.4 Å². The summed E-state index contributed by atoms with van der Waals surface area (Å²) in [4.78, 5) is 7.14. The molecule has 0 aromatic heterocycles. The van der Waals surface area contributed by atoms with Gasteiger partial charge < -0.3 is 25.2 Å². The van der Waals surface area contributed by atoms with Crippen LogP contribution in [0, 0.1) is 0 Å². The smallest absolute Gasteiger partial charge is 0.191 e. The fraction of sp³-hybridized carbons (Fsp3) is 0.480. The van der Waals surface area contributed by atoms with Crippen LogP contribution in [0.2, 0.25) is 0 Å². The highest BCUT2D eigenvalue weighted by atomic mass is 16.5. The molecule has 3 rings (SSSR count). The van der Waals surface area contributed by atoms with Crippen molar-refractivity contribution in [1.82, 2.24) is 15.5 Å². The van der Waals surface area contributed by atoms with Gasteiger partial charge in [-0.2, -0.15) is 0 Å². The van der Waals surface area contributed by atoms with E-state index in [2.05, 4.69) is 50.9 Å². The second-order valence-electron chi connectivity index (χ2n) is 8.05. The molecule has 0 radical (unpaired) electrons. The number of benzene rings is 2. The van der Waals surface area contributed by atoms with Crippen molar-refractivity contribution >= 4 is 5.96 Å². The Balaban J connectivity index is 1.62. The Morgan fingerprint density at radius 3 is 2.72 bits per heavy atom. The monoisotopic (exact) mass is 440 g/mol. The molecular weight excluding hydrogens is 404 g/mol. The third kappa shape index (κ3) is 6.87. The van der Waals surface area contributed by atoms with Crippen LogP contribution >= 0.6 is 0 Å². The molecule has 7 heteroatoms. The Morgan fingerprint density at radius 2 is 2.00 bits per heavy atom. The molecule has 2 atom stereocenters. The first-order chi connectivity index (χ1) is 15.6. The van der Waals surface area contributed by atoms with Crippen LogP contribution in [0.15, 0.2) is 53.5 Å². The summed E-state index contributed by atoms with van der Waals surface area (Å²) >= 11 is 0. The Morgan fingerprint density at radius 1 is 1.19 bits per heavy atom. The van der Waals surface area contributed by atoms with Crippen LogP contribution in [0.1, 0.15) is 37.0 Å². The fourth-order valence-corrected chi connectivity index (χ4v) is 4.05. The molecule has 1 aliphatic rings. The normalized spacial score (nSPS) is 18.1. The molecule has 7 nitrogen and oxygen atoms in total. The SMILES string of the molecule is CCNC(=NCC(O)c1cc(OC)ccc1OC)NC1CCCN(Cc2ccccc2)C1. The van der Waals surface area contributed by atoms with Gasteiger partial charge in [0.2, 0.25) is 0 Å².